The molecule has 0 spiro atoms. The van der Waals surface area contributed by atoms with Gasteiger partial charge in [0.1, 0.15) is 5.69 Å². The minimum Gasteiger partial charge on any atom is -0.464 e. The molecule has 4 rings (SSSR count). The van der Waals surface area contributed by atoms with Gasteiger partial charge in [-0.1, -0.05) is 18.2 Å². The molecule has 0 amide bonds. The Morgan fingerprint density at radius 2 is 2.15 bits per heavy atom. The molecule has 0 saturated heterocycles. The molecule has 1 aliphatic heterocycles. The molecule has 1 aromatic heterocycles. The summed E-state index contributed by atoms with van der Waals surface area (Å²) in [5.41, 5.74) is 5.77. The van der Waals surface area contributed by atoms with Crippen LogP contribution in [-0.2, 0) is 16.6 Å². The molecule has 1 aliphatic carbocycles. The van der Waals surface area contributed by atoms with Gasteiger partial charge in [0.05, 0.1) is 12.8 Å². The average Bonchev–Trinajstić information content (AvgIpc) is 2.98. The van der Waals surface area contributed by atoms with E-state index in [-0.39, 0.29) is 11.4 Å². The van der Waals surface area contributed by atoms with Gasteiger partial charge in [-0.3, -0.25) is 0 Å². The van der Waals surface area contributed by atoms with Crippen LogP contribution in [0.2, 0.25) is 0 Å². The summed E-state index contributed by atoms with van der Waals surface area (Å²) >= 11 is 0. The first-order valence-corrected chi connectivity index (χ1v) is 7.10. The Morgan fingerprint density at radius 3 is 2.95 bits per heavy atom. The SMILES string of the molecule is COC(=O)c1cc2c3n1-c1ccccc1C3(C)CCC2. The van der Waals surface area contributed by atoms with Gasteiger partial charge < -0.3 is 9.30 Å². The number of methoxy groups -OCH3 is 1. The van der Waals surface area contributed by atoms with Crippen LogP contribution in [0, 0.1) is 0 Å². The molecular weight excluding hydrogens is 250 g/mol. The molecule has 0 fully saturated rings. The van der Waals surface area contributed by atoms with E-state index < -0.39 is 0 Å². The van der Waals surface area contributed by atoms with Gasteiger partial charge in [-0.05, 0) is 49.4 Å². The van der Waals surface area contributed by atoms with Gasteiger partial charge in [-0.2, -0.15) is 0 Å². The predicted molar refractivity (Wildman–Crippen MR) is 76.5 cm³/mol. The smallest absolute Gasteiger partial charge is 0.355 e. The zero-order chi connectivity index (χ0) is 13.9. The van der Waals surface area contributed by atoms with Crippen molar-refractivity contribution in [3.63, 3.8) is 0 Å². The number of esters is 1. The van der Waals surface area contributed by atoms with Crippen LogP contribution in [0.1, 0.15) is 47.1 Å². The molecule has 0 radical (unpaired) electrons. The number of aromatic nitrogens is 1. The van der Waals surface area contributed by atoms with E-state index in [2.05, 4.69) is 29.7 Å². The molecule has 2 aromatic rings. The number of para-hydroxylation sites is 1. The number of hydrogen-bond acceptors (Lipinski definition) is 2. The molecule has 0 N–H and O–H groups in total. The lowest BCUT2D eigenvalue weighted by Gasteiger charge is -2.30. The molecule has 1 aromatic carbocycles. The summed E-state index contributed by atoms with van der Waals surface area (Å²) in [7, 11) is 1.45. The minimum absolute atomic E-state index is 0.0381. The molecule has 1 unspecified atom stereocenters. The van der Waals surface area contributed by atoms with Crippen molar-refractivity contribution in [2.45, 2.75) is 31.6 Å². The highest BCUT2D eigenvalue weighted by Crippen LogP contribution is 2.51. The van der Waals surface area contributed by atoms with Crippen molar-refractivity contribution >= 4 is 5.97 Å². The van der Waals surface area contributed by atoms with E-state index in [4.69, 9.17) is 4.74 Å². The van der Waals surface area contributed by atoms with Crippen molar-refractivity contribution in [2.75, 3.05) is 7.11 Å². The van der Waals surface area contributed by atoms with E-state index in [0.717, 1.165) is 18.5 Å². The summed E-state index contributed by atoms with van der Waals surface area (Å²) in [6, 6.07) is 10.4. The third-order valence-corrected chi connectivity index (χ3v) is 4.86. The number of carbonyl (C=O) groups excluding carboxylic acids is 1. The van der Waals surface area contributed by atoms with Crippen LogP contribution in [-0.4, -0.2) is 17.6 Å². The van der Waals surface area contributed by atoms with E-state index >= 15 is 0 Å². The largest absolute Gasteiger partial charge is 0.464 e. The highest BCUT2D eigenvalue weighted by atomic mass is 16.5. The summed E-state index contributed by atoms with van der Waals surface area (Å²) in [5, 5.41) is 0. The molecule has 20 heavy (non-hydrogen) atoms. The van der Waals surface area contributed by atoms with Crippen molar-refractivity contribution in [1.82, 2.24) is 4.57 Å². The van der Waals surface area contributed by atoms with Crippen LogP contribution in [0.3, 0.4) is 0 Å². The van der Waals surface area contributed by atoms with E-state index in [1.54, 1.807) is 0 Å². The summed E-state index contributed by atoms with van der Waals surface area (Å²) in [5.74, 6) is -0.251. The van der Waals surface area contributed by atoms with Crippen LogP contribution < -0.4 is 0 Å². The molecule has 1 atom stereocenters. The van der Waals surface area contributed by atoms with Gasteiger partial charge >= 0.3 is 5.97 Å². The molecule has 2 aliphatic rings. The Balaban J connectivity index is 2.10. The summed E-state index contributed by atoms with van der Waals surface area (Å²) < 4.78 is 7.08. The number of nitrogens with zero attached hydrogens (tertiary/aromatic N) is 1. The third kappa shape index (κ3) is 1.23. The lowest BCUT2D eigenvalue weighted by molar-refractivity contribution is 0.0591. The molecule has 3 heteroatoms. The number of benzene rings is 1. The number of hydrogen-bond donors (Lipinski definition) is 0. The molecule has 102 valence electrons. The summed E-state index contributed by atoms with van der Waals surface area (Å²) in [4.78, 5) is 12.1. The standard InChI is InChI=1S/C17H17NO2/c1-17-9-5-6-11-10-14(16(19)20-2)18(15(11)17)13-8-4-3-7-12(13)17/h3-4,7-8,10H,5-6,9H2,1-2H3. The Bertz CT molecular complexity index is 729. The van der Waals surface area contributed by atoms with E-state index in [9.17, 15) is 4.79 Å². The molecule has 3 nitrogen and oxygen atoms in total. The fourth-order valence-electron chi connectivity index (χ4n) is 4.01. The summed E-state index contributed by atoms with van der Waals surface area (Å²) in [6.07, 6.45) is 3.36. The summed E-state index contributed by atoms with van der Waals surface area (Å²) in [6.45, 7) is 2.30. The highest BCUT2D eigenvalue weighted by molar-refractivity contribution is 5.90. The van der Waals surface area contributed by atoms with Crippen LogP contribution in [0.15, 0.2) is 30.3 Å². The average molecular weight is 267 g/mol. The molecule has 0 saturated carbocycles. The maximum Gasteiger partial charge on any atom is 0.355 e. The topological polar surface area (TPSA) is 31.2 Å². The molecule has 0 bridgehead atoms. The highest BCUT2D eigenvalue weighted by Gasteiger charge is 2.45. The van der Waals surface area contributed by atoms with Crippen molar-refractivity contribution in [3.8, 4) is 5.69 Å². The van der Waals surface area contributed by atoms with Crippen molar-refractivity contribution < 1.29 is 9.53 Å². The Labute approximate surface area is 118 Å². The molecular formula is C17H17NO2. The van der Waals surface area contributed by atoms with Gasteiger partial charge in [0, 0.05) is 11.1 Å². The second kappa shape index (κ2) is 3.75. The van der Waals surface area contributed by atoms with Crippen LogP contribution in [0.5, 0.6) is 0 Å². The van der Waals surface area contributed by atoms with E-state index in [0.29, 0.717) is 5.69 Å². The maximum absolute atomic E-state index is 12.1. The van der Waals surface area contributed by atoms with Crippen LogP contribution in [0.25, 0.3) is 5.69 Å². The number of carbonyl (C=O) groups is 1. The van der Waals surface area contributed by atoms with Gasteiger partial charge in [0.2, 0.25) is 0 Å². The van der Waals surface area contributed by atoms with Crippen molar-refractivity contribution in [2.24, 2.45) is 0 Å². The monoisotopic (exact) mass is 267 g/mol. The van der Waals surface area contributed by atoms with Crippen molar-refractivity contribution in [3.05, 3.63) is 52.8 Å². The fraction of sp³-hybridized carbons (Fsp3) is 0.353. The zero-order valence-electron chi connectivity index (χ0n) is 11.8. The number of ether oxygens (including phenoxy) is 1. The first kappa shape index (κ1) is 11.8. The Hall–Kier alpha value is -2.03. The minimum atomic E-state index is -0.251. The lowest BCUT2D eigenvalue weighted by Crippen LogP contribution is -2.26. The first-order chi connectivity index (χ1) is 9.66. The zero-order valence-corrected chi connectivity index (χ0v) is 11.8. The Morgan fingerprint density at radius 1 is 1.35 bits per heavy atom. The van der Waals surface area contributed by atoms with Crippen LogP contribution in [0.4, 0.5) is 0 Å². The number of aryl methyl sites for hydroxylation is 1. The normalized spacial score (nSPS) is 22.3. The van der Waals surface area contributed by atoms with E-state index in [1.165, 1.54) is 30.4 Å². The fourth-order valence-corrected chi connectivity index (χ4v) is 4.01. The molecule has 2 heterocycles. The van der Waals surface area contributed by atoms with Crippen molar-refractivity contribution in [1.29, 1.82) is 0 Å². The number of rotatable bonds is 1. The first-order valence-electron chi connectivity index (χ1n) is 7.10. The van der Waals surface area contributed by atoms with Gasteiger partial charge in [-0.25, -0.2) is 4.79 Å². The van der Waals surface area contributed by atoms with Gasteiger partial charge in [-0.15, -0.1) is 0 Å². The quantitative estimate of drug-likeness (QED) is 0.743. The maximum atomic E-state index is 12.1. The third-order valence-electron chi connectivity index (χ3n) is 4.86. The second-order valence-electron chi connectivity index (χ2n) is 5.93. The van der Waals surface area contributed by atoms with Gasteiger partial charge in [0.25, 0.3) is 0 Å². The number of fused-ring (bicyclic) bond motifs is 3. The predicted octanol–water partition coefficient (Wildman–Crippen LogP) is 3.22. The van der Waals surface area contributed by atoms with Gasteiger partial charge in [0.15, 0.2) is 0 Å². The van der Waals surface area contributed by atoms with E-state index in [1.807, 2.05) is 12.1 Å². The Kier molecular flexibility index (Phi) is 2.21. The second-order valence-corrected chi connectivity index (χ2v) is 5.93. The lowest BCUT2D eigenvalue weighted by atomic mass is 9.72. The van der Waals surface area contributed by atoms with Crippen LogP contribution >= 0.6 is 0 Å².